The van der Waals surface area contributed by atoms with Crippen LogP contribution in [0.5, 0.6) is 5.75 Å². The molecule has 200 valence electrons. The van der Waals surface area contributed by atoms with Gasteiger partial charge in [0.1, 0.15) is 18.4 Å². The lowest BCUT2D eigenvalue weighted by Crippen LogP contribution is -2.38. The van der Waals surface area contributed by atoms with E-state index < -0.39 is 6.04 Å². The molecule has 0 saturated carbocycles. The van der Waals surface area contributed by atoms with Crippen molar-refractivity contribution in [2.75, 3.05) is 37.3 Å². The molecule has 4 aromatic rings. The number of nitrogens with one attached hydrogen (secondary N) is 2. The molecule has 0 bridgehead atoms. The van der Waals surface area contributed by atoms with Crippen molar-refractivity contribution in [2.45, 2.75) is 25.3 Å². The van der Waals surface area contributed by atoms with Crippen molar-refractivity contribution < 1.29 is 14.3 Å². The molecule has 6 rings (SSSR count). The highest BCUT2D eigenvalue weighted by atomic mass is 32.2. The molecule has 3 aromatic carbocycles. The molecular formula is C31H31N3O3S2. The maximum Gasteiger partial charge on any atom is 0.279 e. The van der Waals surface area contributed by atoms with Crippen LogP contribution in [-0.2, 0) is 11.2 Å². The first-order chi connectivity index (χ1) is 19.1. The molecule has 6 nitrogen and oxygen atoms in total. The molecular weight excluding hydrogens is 526 g/mol. The number of thiophene rings is 1. The number of carbonyl (C=O) groups excluding carboxylic acids is 2. The van der Waals surface area contributed by atoms with Crippen LogP contribution in [0.15, 0.2) is 72.8 Å². The second kappa shape index (κ2) is 11.8. The highest BCUT2D eigenvalue weighted by molar-refractivity contribution is 8.14. The van der Waals surface area contributed by atoms with E-state index in [9.17, 15) is 9.59 Å². The third-order valence-electron chi connectivity index (χ3n) is 7.28. The van der Waals surface area contributed by atoms with Crippen LogP contribution in [0, 0.1) is 0 Å². The van der Waals surface area contributed by atoms with E-state index in [1.165, 1.54) is 52.0 Å². The largest absolute Gasteiger partial charge is 0.492 e. The first kappa shape index (κ1) is 25.9. The summed E-state index contributed by atoms with van der Waals surface area (Å²) in [5.41, 5.74) is 4.39. The fraction of sp³-hybridized carbons (Fsp3) is 0.290. The Kier molecular flexibility index (Phi) is 7.85. The van der Waals surface area contributed by atoms with Crippen LogP contribution in [0.3, 0.4) is 0 Å². The zero-order chi connectivity index (χ0) is 26.6. The lowest BCUT2D eigenvalue weighted by Gasteiger charge is -2.15. The maximum absolute atomic E-state index is 12.5. The summed E-state index contributed by atoms with van der Waals surface area (Å²) in [5, 5.41) is 6.73. The minimum atomic E-state index is -0.488. The van der Waals surface area contributed by atoms with Crippen molar-refractivity contribution in [3.63, 3.8) is 0 Å². The number of amides is 2. The first-order valence-corrected chi connectivity index (χ1v) is 15.2. The van der Waals surface area contributed by atoms with Crippen LogP contribution in [0.2, 0.25) is 0 Å². The van der Waals surface area contributed by atoms with E-state index in [2.05, 4.69) is 76.2 Å². The van der Waals surface area contributed by atoms with Gasteiger partial charge in [0.25, 0.3) is 5.24 Å². The zero-order valence-electron chi connectivity index (χ0n) is 21.7. The monoisotopic (exact) mass is 557 g/mol. The van der Waals surface area contributed by atoms with E-state index in [4.69, 9.17) is 4.74 Å². The van der Waals surface area contributed by atoms with E-state index in [0.717, 1.165) is 48.3 Å². The number of nitrogens with zero attached hydrogens (tertiary/aromatic N) is 1. The van der Waals surface area contributed by atoms with Gasteiger partial charge in [0.15, 0.2) is 0 Å². The van der Waals surface area contributed by atoms with Crippen molar-refractivity contribution in [3.05, 3.63) is 83.9 Å². The summed E-state index contributed by atoms with van der Waals surface area (Å²) in [7, 11) is 0. The van der Waals surface area contributed by atoms with Crippen molar-refractivity contribution in [1.82, 2.24) is 10.2 Å². The molecule has 0 radical (unpaired) electrons. The molecule has 39 heavy (non-hydrogen) atoms. The molecule has 0 spiro atoms. The summed E-state index contributed by atoms with van der Waals surface area (Å²) in [5.74, 6) is 1.19. The average molecular weight is 558 g/mol. The minimum Gasteiger partial charge on any atom is -0.492 e. The summed E-state index contributed by atoms with van der Waals surface area (Å²) in [4.78, 5) is 27.6. The number of hydrogen-bond donors (Lipinski definition) is 2. The van der Waals surface area contributed by atoms with Gasteiger partial charge in [-0.05, 0) is 84.8 Å². The van der Waals surface area contributed by atoms with Gasteiger partial charge in [0.2, 0.25) is 5.91 Å². The number of anilines is 1. The molecule has 2 amide bonds. The summed E-state index contributed by atoms with van der Waals surface area (Å²) < 4.78 is 7.27. The summed E-state index contributed by atoms with van der Waals surface area (Å²) in [6, 6.07) is 24.5. The highest BCUT2D eigenvalue weighted by Crippen LogP contribution is 2.40. The quantitative estimate of drug-likeness (QED) is 0.249. The zero-order valence-corrected chi connectivity index (χ0v) is 23.3. The Morgan fingerprint density at radius 1 is 1.00 bits per heavy atom. The van der Waals surface area contributed by atoms with Crippen LogP contribution >= 0.6 is 23.1 Å². The van der Waals surface area contributed by atoms with Crippen molar-refractivity contribution in [3.8, 4) is 16.2 Å². The van der Waals surface area contributed by atoms with Crippen molar-refractivity contribution in [2.24, 2.45) is 0 Å². The van der Waals surface area contributed by atoms with Crippen LogP contribution in [0.4, 0.5) is 10.5 Å². The molecule has 2 saturated heterocycles. The first-order valence-electron chi connectivity index (χ1n) is 13.4. The number of thioether (sulfide) groups is 1. The van der Waals surface area contributed by atoms with Gasteiger partial charge >= 0.3 is 0 Å². The highest BCUT2D eigenvalue weighted by Gasteiger charge is 2.28. The van der Waals surface area contributed by atoms with Gasteiger partial charge in [0, 0.05) is 27.6 Å². The van der Waals surface area contributed by atoms with Crippen LogP contribution < -0.4 is 15.4 Å². The Labute approximate surface area is 236 Å². The van der Waals surface area contributed by atoms with Gasteiger partial charge in [0.05, 0.1) is 0 Å². The van der Waals surface area contributed by atoms with E-state index >= 15 is 0 Å². The topological polar surface area (TPSA) is 70.7 Å². The number of rotatable bonds is 9. The molecule has 2 N–H and O–H groups in total. The Morgan fingerprint density at radius 3 is 2.51 bits per heavy atom. The van der Waals surface area contributed by atoms with Crippen molar-refractivity contribution >= 4 is 50.0 Å². The maximum atomic E-state index is 12.5. The third-order valence-corrected chi connectivity index (χ3v) is 9.42. The fourth-order valence-corrected chi connectivity index (χ4v) is 7.18. The Hall–Kier alpha value is -3.33. The van der Waals surface area contributed by atoms with Gasteiger partial charge in [-0.25, -0.2) is 0 Å². The van der Waals surface area contributed by atoms with Crippen LogP contribution in [0.25, 0.3) is 20.5 Å². The molecule has 2 aliphatic heterocycles. The van der Waals surface area contributed by atoms with Gasteiger partial charge in [-0.2, -0.15) is 0 Å². The SMILES string of the molecule is O=C1NC(C(=O)Nc2ccc(-c3sc4ccccc4c3Cc3ccc(OCCN4CCCC4)cc3)cc2)CS1. The number of carbonyl (C=O) groups is 2. The van der Waals surface area contributed by atoms with E-state index in [1.807, 2.05) is 12.1 Å². The standard InChI is InChI=1S/C31H31N3O3S2/c35-30(27-20-38-31(36)33-27)32-23-11-9-22(10-12-23)29-26(25-5-1-2-6-28(25)39-29)19-21-7-13-24(14-8-21)37-18-17-34-15-3-4-16-34/h1-2,5-14,27H,3-4,15-20H2,(H,32,35)(H,33,36). The van der Waals surface area contributed by atoms with Crippen LogP contribution in [0.1, 0.15) is 24.0 Å². The lowest BCUT2D eigenvalue weighted by molar-refractivity contribution is -0.117. The number of ether oxygens (including phenoxy) is 1. The van der Waals surface area contributed by atoms with Gasteiger partial charge < -0.3 is 15.4 Å². The normalized spacial score (nSPS) is 17.4. The Morgan fingerprint density at radius 2 is 1.77 bits per heavy atom. The number of benzene rings is 3. The molecule has 2 fully saturated rings. The number of hydrogen-bond acceptors (Lipinski definition) is 6. The van der Waals surface area contributed by atoms with E-state index in [1.54, 1.807) is 11.3 Å². The second-order valence-electron chi connectivity index (χ2n) is 9.99. The molecule has 1 unspecified atom stereocenters. The predicted octanol–water partition coefficient (Wildman–Crippen LogP) is 6.40. The van der Waals surface area contributed by atoms with E-state index in [0.29, 0.717) is 5.75 Å². The average Bonchev–Trinajstić information content (AvgIpc) is 3.71. The third kappa shape index (κ3) is 6.13. The molecule has 0 aliphatic carbocycles. The van der Waals surface area contributed by atoms with E-state index in [-0.39, 0.29) is 11.1 Å². The predicted molar refractivity (Wildman–Crippen MR) is 161 cm³/mol. The Balaban J connectivity index is 1.16. The Bertz CT molecular complexity index is 1460. The summed E-state index contributed by atoms with van der Waals surface area (Å²) in [6.45, 7) is 4.10. The lowest BCUT2D eigenvalue weighted by atomic mass is 9.99. The minimum absolute atomic E-state index is 0.150. The van der Waals surface area contributed by atoms with Crippen molar-refractivity contribution in [1.29, 1.82) is 0 Å². The fourth-order valence-electron chi connectivity index (χ4n) is 5.17. The summed E-state index contributed by atoms with van der Waals surface area (Å²) in [6.07, 6.45) is 3.43. The molecule has 3 heterocycles. The summed E-state index contributed by atoms with van der Waals surface area (Å²) >= 11 is 2.93. The molecule has 8 heteroatoms. The number of fused-ring (bicyclic) bond motifs is 1. The van der Waals surface area contributed by atoms with Gasteiger partial charge in [-0.3, -0.25) is 14.5 Å². The molecule has 1 atom stereocenters. The smallest absolute Gasteiger partial charge is 0.279 e. The molecule has 2 aliphatic rings. The van der Waals surface area contributed by atoms with Crippen LogP contribution in [-0.4, -0.2) is 54.1 Å². The second-order valence-corrected chi connectivity index (χ2v) is 12.0. The van der Waals surface area contributed by atoms with Gasteiger partial charge in [-0.15, -0.1) is 11.3 Å². The molecule has 1 aromatic heterocycles. The number of likely N-dealkylation sites (tertiary alicyclic amines) is 1. The van der Waals surface area contributed by atoms with Gasteiger partial charge in [-0.1, -0.05) is 54.2 Å².